The van der Waals surface area contributed by atoms with Crippen LogP contribution in [0.3, 0.4) is 0 Å². The van der Waals surface area contributed by atoms with Crippen LogP contribution >= 0.6 is 0 Å². The molecule has 0 radical (unpaired) electrons. The molecule has 3 aromatic rings. The van der Waals surface area contributed by atoms with Crippen molar-refractivity contribution >= 4 is 15.9 Å². The lowest BCUT2D eigenvalue weighted by Crippen LogP contribution is -2.28. The molecular formula is C22H24N4O3S. The number of carbonyl (C=O) groups is 1. The van der Waals surface area contributed by atoms with Gasteiger partial charge in [0, 0.05) is 37.0 Å². The van der Waals surface area contributed by atoms with Crippen LogP contribution in [0, 0.1) is 0 Å². The van der Waals surface area contributed by atoms with Crippen LogP contribution < -0.4 is 4.72 Å². The topological polar surface area (TPSA) is 84.3 Å². The highest BCUT2D eigenvalue weighted by molar-refractivity contribution is 7.89. The van der Waals surface area contributed by atoms with Gasteiger partial charge in [-0.3, -0.25) is 9.48 Å². The first kappa shape index (κ1) is 20.3. The zero-order valence-electron chi connectivity index (χ0n) is 16.7. The lowest BCUT2D eigenvalue weighted by molar-refractivity contribution is 0.0785. The van der Waals surface area contributed by atoms with E-state index in [4.69, 9.17) is 0 Å². The number of sulfonamides is 1. The summed E-state index contributed by atoms with van der Waals surface area (Å²) < 4.78 is 29.3. The standard InChI is InChI=1S/C22H24N4O3S/c1-25(14-18-13-23-26(16-18)15-17-6-3-2-4-7-17)22(27)19-8-5-9-21(12-19)30(28,29)24-20-10-11-20/h2-9,12-13,16,20,24H,10-11,14-15H2,1H3. The van der Waals surface area contributed by atoms with E-state index in [0.29, 0.717) is 18.7 Å². The normalized spacial score (nSPS) is 13.9. The van der Waals surface area contributed by atoms with Crippen LogP contribution in [0.4, 0.5) is 0 Å². The summed E-state index contributed by atoms with van der Waals surface area (Å²) in [5.41, 5.74) is 2.39. The molecule has 4 rings (SSSR count). The molecule has 0 saturated heterocycles. The van der Waals surface area contributed by atoms with Crippen molar-refractivity contribution in [3.05, 3.63) is 83.7 Å². The molecule has 1 aromatic heterocycles. The van der Waals surface area contributed by atoms with Crippen molar-refractivity contribution in [3.63, 3.8) is 0 Å². The maximum Gasteiger partial charge on any atom is 0.253 e. The summed E-state index contributed by atoms with van der Waals surface area (Å²) in [6.45, 7) is 1.04. The van der Waals surface area contributed by atoms with Gasteiger partial charge in [0.15, 0.2) is 0 Å². The van der Waals surface area contributed by atoms with Gasteiger partial charge in [0.2, 0.25) is 10.0 Å². The number of amides is 1. The molecule has 1 saturated carbocycles. The molecule has 1 heterocycles. The van der Waals surface area contributed by atoms with Crippen LogP contribution in [0.15, 0.2) is 71.9 Å². The zero-order chi connectivity index (χ0) is 21.1. The predicted octanol–water partition coefficient (Wildman–Crippen LogP) is 2.64. The van der Waals surface area contributed by atoms with Gasteiger partial charge in [-0.05, 0) is 36.6 Å². The molecule has 156 valence electrons. The lowest BCUT2D eigenvalue weighted by Gasteiger charge is -2.17. The van der Waals surface area contributed by atoms with Crippen molar-refractivity contribution in [3.8, 4) is 0 Å². The average molecular weight is 425 g/mol. The fraction of sp³-hybridized carbons (Fsp3) is 0.273. The van der Waals surface area contributed by atoms with Gasteiger partial charge >= 0.3 is 0 Å². The molecule has 30 heavy (non-hydrogen) atoms. The van der Waals surface area contributed by atoms with Gasteiger partial charge in [-0.1, -0.05) is 36.4 Å². The predicted molar refractivity (Wildman–Crippen MR) is 113 cm³/mol. The van der Waals surface area contributed by atoms with Gasteiger partial charge < -0.3 is 4.90 Å². The van der Waals surface area contributed by atoms with Gasteiger partial charge in [0.05, 0.1) is 17.6 Å². The Morgan fingerprint density at radius 1 is 1.13 bits per heavy atom. The molecule has 1 aliphatic carbocycles. The number of nitrogens with one attached hydrogen (secondary N) is 1. The second-order valence-electron chi connectivity index (χ2n) is 7.62. The van der Waals surface area contributed by atoms with Crippen LogP contribution in [0.1, 0.15) is 34.3 Å². The molecule has 2 aromatic carbocycles. The minimum absolute atomic E-state index is 0.0180. The van der Waals surface area contributed by atoms with E-state index < -0.39 is 10.0 Å². The first-order valence-corrected chi connectivity index (χ1v) is 11.3. The van der Waals surface area contributed by atoms with Gasteiger partial charge in [0.25, 0.3) is 5.91 Å². The summed E-state index contributed by atoms with van der Waals surface area (Å²) in [7, 11) is -1.90. The SMILES string of the molecule is CN(Cc1cnn(Cc2ccccc2)c1)C(=O)c1cccc(S(=O)(=O)NC2CC2)c1. The molecule has 0 unspecified atom stereocenters. The molecule has 1 amide bonds. The van der Waals surface area contributed by atoms with E-state index in [1.54, 1.807) is 30.3 Å². The third-order valence-corrected chi connectivity index (χ3v) is 6.45. The molecule has 1 fully saturated rings. The molecule has 0 atom stereocenters. The molecule has 7 nitrogen and oxygen atoms in total. The van der Waals surface area contributed by atoms with E-state index in [9.17, 15) is 13.2 Å². The van der Waals surface area contributed by atoms with E-state index in [-0.39, 0.29) is 16.8 Å². The minimum atomic E-state index is -3.60. The van der Waals surface area contributed by atoms with Gasteiger partial charge in [-0.15, -0.1) is 0 Å². The largest absolute Gasteiger partial charge is 0.337 e. The molecule has 1 N–H and O–H groups in total. The first-order chi connectivity index (χ1) is 14.4. The summed E-state index contributed by atoms with van der Waals surface area (Å²) in [5.74, 6) is -0.241. The molecular weight excluding hydrogens is 400 g/mol. The number of hydrogen-bond donors (Lipinski definition) is 1. The Balaban J connectivity index is 1.42. The van der Waals surface area contributed by atoms with Crippen LogP contribution in [0.2, 0.25) is 0 Å². The number of carbonyl (C=O) groups excluding carboxylic acids is 1. The van der Waals surface area contributed by atoms with Gasteiger partial charge in [-0.25, -0.2) is 13.1 Å². The maximum atomic E-state index is 12.8. The summed E-state index contributed by atoms with van der Waals surface area (Å²) in [6, 6.07) is 16.2. The zero-order valence-corrected chi connectivity index (χ0v) is 17.5. The number of benzene rings is 2. The van der Waals surface area contributed by atoms with E-state index in [2.05, 4.69) is 9.82 Å². The van der Waals surface area contributed by atoms with Crippen molar-refractivity contribution in [2.75, 3.05) is 7.05 Å². The summed E-state index contributed by atoms with van der Waals surface area (Å²) in [6.07, 6.45) is 5.38. The van der Waals surface area contributed by atoms with Crippen molar-refractivity contribution in [1.29, 1.82) is 0 Å². The smallest absolute Gasteiger partial charge is 0.253 e. The van der Waals surface area contributed by atoms with Crippen molar-refractivity contribution in [2.24, 2.45) is 0 Å². The highest BCUT2D eigenvalue weighted by Crippen LogP contribution is 2.22. The van der Waals surface area contributed by atoms with Crippen molar-refractivity contribution in [2.45, 2.75) is 36.9 Å². The Hall–Kier alpha value is -2.97. The Bertz CT molecular complexity index is 1140. The number of rotatable bonds is 8. The van der Waals surface area contributed by atoms with E-state index in [0.717, 1.165) is 24.0 Å². The molecule has 0 aliphatic heterocycles. The Morgan fingerprint density at radius 3 is 2.63 bits per heavy atom. The number of aromatic nitrogens is 2. The average Bonchev–Trinajstić information content (AvgIpc) is 3.44. The maximum absolute atomic E-state index is 12.8. The molecule has 0 spiro atoms. The van der Waals surface area contributed by atoms with Gasteiger partial charge in [0.1, 0.15) is 0 Å². The first-order valence-electron chi connectivity index (χ1n) is 9.84. The van der Waals surface area contributed by atoms with Crippen molar-refractivity contribution < 1.29 is 13.2 Å². The second-order valence-corrected chi connectivity index (χ2v) is 9.33. The van der Waals surface area contributed by atoms with Crippen LogP contribution in [-0.2, 0) is 23.1 Å². The van der Waals surface area contributed by atoms with Crippen LogP contribution in [0.5, 0.6) is 0 Å². The van der Waals surface area contributed by atoms with E-state index >= 15 is 0 Å². The van der Waals surface area contributed by atoms with E-state index in [1.807, 2.05) is 41.2 Å². The lowest BCUT2D eigenvalue weighted by atomic mass is 10.2. The third kappa shape index (κ3) is 4.95. The fourth-order valence-electron chi connectivity index (χ4n) is 3.20. The second kappa shape index (κ2) is 8.41. The molecule has 8 heteroatoms. The van der Waals surface area contributed by atoms with Crippen molar-refractivity contribution in [1.82, 2.24) is 19.4 Å². The monoisotopic (exact) mass is 424 g/mol. The summed E-state index contributed by atoms with van der Waals surface area (Å²) >= 11 is 0. The summed E-state index contributed by atoms with van der Waals surface area (Å²) in [4.78, 5) is 14.5. The van der Waals surface area contributed by atoms with Crippen LogP contribution in [-0.4, -0.2) is 42.1 Å². The summed E-state index contributed by atoms with van der Waals surface area (Å²) in [5, 5.41) is 4.37. The highest BCUT2D eigenvalue weighted by Gasteiger charge is 2.28. The minimum Gasteiger partial charge on any atom is -0.337 e. The number of nitrogens with zero attached hydrogens (tertiary/aromatic N) is 3. The van der Waals surface area contributed by atoms with E-state index in [1.165, 1.54) is 12.1 Å². The van der Waals surface area contributed by atoms with Gasteiger partial charge in [-0.2, -0.15) is 5.10 Å². The highest BCUT2D eigenvalue weighted by atomic mass is 32.2. The Labute approximate surface area is 176 Å². The Kier molecular flexibility index (Phi) is 5.69. The van der Waals surface area contributed by atoms with Crippen LogP contribution in [0.25, 0.3) is 0 Å². The molecule has 0 bridgehead atoms. The molecule has 1 aliphatic rings. The third-order valence-electron chi connectivity index (χ3n) is 4.93. The quantitative estimate of drug-likeness (QED) is 0.603. The Morgan fingerprint density at radius 2 is 1.90 bits per heavy atom. The fourth-order valence-corrected chi connectivity index (χ4v) is 4.55. The number of hydrogen-bond acceptors (Lipinski definition) is 4.